The Morgan fingerprint density at radius 3 is 2.85 bits per heavy atom. The number of amides is 1. The first-order chi connectivity index (χ1) is 13.1. The average Bonchev–Trinajstić information content (AvgIpc) is 3.34. The maximum absolute atomic E-state index is 11.0. The van der Waals surface area contributed by atoms with E-state index >= 15 is 0 Å². The highest BCUT2D eigenvalue weighted by Crippen LogP contribution is 2.28. The smallest absolute Gasteiger partial charge is 0.407 e. The van der Waals surface area contributed by atoms with Crippen LogP contribution in [0.4, 0.5) is 16.3 Å². The van der Waals surface area contributed by atoms with E-state index in [0.717, 1.165) is 5.69 Å². The van der Waals surface area contributed by atoms with Crippen LogP contribution in [0.3, 0.4) is 0 Å². The number of halogens is 1. The van der Waals surface area contributed by atoms with Gasteiger partial charge in [0, 0.05) is 24.8 Å². The molecule has 138 valence electrons. The topological polar surface area (TPSA) is 104 Å². The Hall–Kier alpha value is -3.13. The maximum atomic E-state index is 11.0. The van der Waals surface area contributed by atoms with Gasteiger partial charge < -0.3 is 19.8 Å². The van der Waals surface area contributed by atoms with Gasteiger partial charge in [-0.2, -0.15) is 4.98 Å². The van der Waals surface area contributed by atoms with E-state index in [1.54, 1.807) is 18.3 Å². The third-order valence-electron chi connectivity index (χ3n) is 4.41. The molecule has 1 fully saturated rings. The van der Waals surface area contributed by atoms with Crippen molar-refractivity contribution >= 4 is 29.2 Å². The summed E-state index contributed by atoms with van der Waals surface area (Å²) in [6.45, 7) is 0.845. The fourth-order valence-electron chi connectivity index (χ4n) is 2.95. The third-order valence-corrected chi connectivity index (χ3v) is 4.74. The van der Waals surface area contributed by atoms with Crippen molar-refractivity contribution in [3.8, 4) is 11.4 Å². The average molecular weight is 386 g/mol. The van der Waals surface area contributed by atoms with Gasteiger partial charge >= 0.3 is 6.09 Å². The van der Waals surface area contributed by atoms with E-state index in [1.165, 1.54) is 4.90 Å². The molecule has 1 saturated heterocycles. The van der Waals surface area contributed by atoms with Crippen LogP contribution in [0.5, 0.6) is 0 Å². The molecule has 8 nitrogen and oxygen atoms in total. The summed E-state index contributed by atoms with van der Waals surface area (Å²) in [4.78, 5) is 21.1. The number of nitrogens with one attached hydrogen (secondary N) is 1. The van der Waals surface area contributed by atoms with Crippen molar-refractivity contribution in [2.45, 2.75) is 12.3 Å². The molecule has 0 aliphatic carbocycles. The van der Waals surface area contributed by atoms with E-state index in [0.29, 0.717) is 47.6 Å². The minimum absolute atomic E-state index is 0.0727. The van der Waals surface area contributed by atoms with Gasteiger partial charge in [0.2, 0.25) is 11.7 Å². The van der Waals surface area contributed by atoms with Gasteiger partial charge in [0.25, 0.3) is 0 Å². The van der Waals surface area contributed by atoms with Crippen LogP contribution in [-0.2, 0) is 0 Å². The number of rotatable bonds is 4. The standard InChI is InChI=1S/C18H16ClN5O3/c19-13-3-1-2-4-14(13)21-15-6-5-11(9-20-15)16-22-17(27-23-16)12-7-8-24(10-12)18(25)26/h1-6,9,12H,7-8,10H2,(H,20,21)(H,25,26). The Morgan fingerprint density at radius 2 is 2.15 bits per heavy atom. The minimum atomic E-state index is -0.928. The number of likely N-dealkylation sites (tertiary alicyclic amines) is 1. The Bertz CT molecular complexity index is 960. The van der Waals surface area contributed by atoms with Gasteiger partial charge in [-0.3, -0.25) is 0 Å². The molecule has 0 saturated carbocycles. The number of para-hydroxylation sites is 1. The summed E-state index contributed by atoms with van der Waals surface area (Å²) in [5, 5.41) is 16.8. The highest BCUT2D eigenvalue weighted by Gasteiger charge is 2.31. The number of anilines is 2. The zero-order valence-corrected chi connectivity index (χ0v) is 14.9. The van der Waals surface area contributed by atoms with Gasteiger partial charge in [-0.25, -0.2) is 9.78 Å². The molecule has 1 aliphatic heterocycles. The van der Waals surface area contributed by atoms with Crippen LogP contribution < -0.4 is 5.32 Å². The summed E-state index contributed by atoms with van der Waals surface area (Å²) < 4.78 is 5.33. The number of hydrogen-bond donors (Lipinski definition) is 2. The van der Waals surface area contributed by atoms with Crippen molar-refractivity contribution in [2.75, 3.05) is 18.4 Å². The van der Waals surface area contributed by atoms with Gasteiger partial charge in [0.1, 0.15) is 5.82 Å². The monoisotopic (exact) mass is 385 g/mol. The molecule has 1 amide bonds. The van der Waals surface area contributed by atoms with E-state index < -0.39 is 6.09 Å². The summed E-state index contributed by atoms with van der Waals surface area (Å²) in [6, 6.07) is 11.0. The number of hydrogen-bond acceptors (Lipinski definition) is 6. The Morgan fingerprint density at radius 1 is 1.30 bits per heavy atom. The first-order valence-electron chi connectivity index (χ1n) is 8.39. The SMILES string of the molecule is O=C(O)N1CCC(c2nc(-c3ccc(Nc4ccccc4Cl)nc3)no2)C1. The lowest BCUT2D eigenvalue weighted by Crippen LogP contribution is -2.26. The molecular formula is C18H16ClN5O3. The molecule has 27 heavy (non-hydrogen) atoms. The molecule has 0 spiro atoms. The molecule has 1 aliphatic rings. The van der Waals surface area contributed by atoms with Crippen LogP contribution in [-0.4, -0.2) is 44.3 Å². The van der Waals surface area contributed by atoms with Crippen molar-refractivity contribution in [1.29, 1.82) is 0 Å². The van der Waals surface area contributed by atoms with E-state index in [4.69, 9.17) is 21.2 Å². The van der Waals surface area contributed by atoms with Gasteiger partial charge in [-0.05, 0) is 30.7 Å². The second-order valence-electron chi connectivity index (χ2n) is 6.21. The molecular weight excluding hydrogens is 370 g/mol. The molecule has 2 N–H and O–H groups in total. The van der Waals surface area contributed by atoms with Crippen LogP contribution in [0, 0.1) is 0 Å². The van der Waals surface area contributed by atoms with Crippen molar-refractivity contribution in [3.05, 3.63) is 53.5 Å². The molecule has 3 heterocycles. The predicted octanol–water partition coefficient (Wildman–Crippen LogP) is 4.00. The quantitative estimate of drug-likeness (QED) is 0.699. The lowest BCUT2D eigenvalue weighted by molar-refractivity contribution is 0.154. The van der Waals surface area contributed by atoms with Crippen molar-refractivity contribution < 1.29 is 14.4 Å². The molecule has 1 aromatic carbocycles. The fourth-order valence-corrected chi connectivity index (χ4v) is 3.14. The first-order valence-corrected chi connectivity index (χ1v) is 8.77. The number of nitrogens with zero attached hydrogens (tertiary/aromatic N) is 4. The lowest BCUT2D eigenvalue weighted by Gasteiger charge is -2.09. The van der Waals surface area contributed by atoms with Gasteiger partial charge in [-0.1, -0.05) is 28.9 Å². The summed E-state index contributed by atoms with van der Waals surface area (Å²) in [5.41, 5.74) is 1.48. The molecule has 1 unspecified atom stereocenters. The number of benzene rings is 1. The fraction of sp³-hybridized carbons (Fsp3) is 0.222. The number of carbonyl (C=O) groups is 1. The van der Waals surface area contributed by atoms with Crippen molar-refractivity contribution in [2.24, 2.45) is 0 Å². The third kappa shape index (κ3) is 3.70. The summed E-state index contributed by atoms with van der Waals surface area (Å²) in [5.74, 6) is 1.45. The number of aromatic nitrogens is 3. The normalized spacial score (nSPS) is 16.5. The van der Waals surface area contributed by atoms with Crippen LogP contribution in [0.1, 0.15) is 18.2 Å². The zero-order valence-electron chi connectivity index (χ0n) is 14.2. The van der Waals surface area contributed by atoms with Gasteiger partial charge in [0.05, 0.1) is 16.6 Å². The molecule has 2 aromatic heterocycles. The Kier molecular flexibility index (Phi) is 4.64. The summed E-state index contributed by atoms with van der Waals surface area (Å²) in [6.07, 6.45) is 1.39. The van der Waals surface area contributed by atoms with Crippen LogP contribution >= 0.6 is 11.6 Å². The number of pyridine rings is 1. The highest BCUT2D eigenvalue weighted by molar-refractivity contribution is 6.33. The van der Waals surface area contributed by atoms with Crippen molar-refractivity contribution in [3.63, 3.8) is 0 Å². The maximum Gasteiger partial charge on any atom is 0.407 e. The van der Waals surface area contributed by atoms with Gasteiger partial charge in [0.15, 0.2) is 0 Å². The molecule has 0 radical (unpaired) electrons. The van der Waals surface area contributed by atoms with Crippen LogP contribution in [0.15, 0.2) is 47.1 Å². The molecule has 1 atom stereocenters. The molecule has 3 aromatic rings. The Labute approximate surface area is 159 Å². The van der Waals surface area contributed by atoms with Gasteiger partial charge in [-0.15, -0.1) is 0 Å². The molecule has 0 bridgehead atoms. The van der Waals surface area contributed by atoms with E-state index in [2.05, 4.69) is 20.4 Å². The van der Waals surface area contributed by atoms with E-state index in [1.807, 2.05) is 24.3 Å². The van der Waals surface area contributed by atoms with E-state index in [-0.39, 0.29) is 5.92 Å². The molecule has 4 rings (SSSR count). The molecule has 9 heteroatoms. The Balaban J connectivity index is 1.46. The van der Waals surface area contributed by atoms with Crippen LogP contribution in [0.2, 0.25) is 5.02 Å². The highest BCUT2D eigenvalue weighted by atomic mass is 35.5. The summed E-state index contributed by atoms with van der Waals surface area (Å²) in [7, 11) is 0. The first kappa shape index (κ1) is 17.3. The van der Waals surface area contributed by atoms with E-state index in [9.17, 15) is 4.79 Å². The van der Waals surface area contributed by atoms with Crippen LogP contribution in [0.25, 0.3) is 11.4 Å². The second-order valence-corrected chi connectivity index (χ2v) is 6.61. The second kappa shape index (κ2) is 7.24. The minimum Gasteiger partial charge on any atom is -0.465 e. The predicted molar refractivity (Wildman–Crippen MR) is 99.2 cm³/mol. The largest absolute Gasteiger partial charge is 0.465 e. The summed E-state index contributed by atoms with van der Waals surface area (Å²) >= 11 is 6.13. The lowest BCUT2D eigenvalue weighted by atomic mass is 10.1. The zero-order chi connectivity index (χ0) is 18.8. The van der Waals surface area contributed by atoms with Crippen molar-refractivity contribution in [1.82, 2.24) is 20.0 Å². The number of carboxylic acid groups (broad SMARTS) is 1.